The Morgan fingerprint density at radius 1 is 1.04 bits per heavy atom. The fraction of sp³-hybridized carbons (Fsp3) is 0.333. The number of anilines is 1. The van der Waals surface area contributed by atoms with Crippen molar-refractivity contribution in [3.8, 4) is 11.5 Å². The van der Waals surface area contributed by atoms with Crippen LogP contribution in [-0.2, 0) is 17.0 Å². The van der Waals surface area contributed by atoms with Crippen molar-refractivity contribution >= 4 is 43.5 Å². The van der Waals surface area contributed by atoms with Gasteiger partial charge in [0.1, 0.15) is 11.5 Å². The van der Waals surface area contributed by atoms with Gasteiger partial charge in [-0.25, -0.2) is 0 Å². The molecular formula is C18H22Cl2NO2PTi. The summed E-state index contributed by atoms with van der Waals surface area (Å²) < 4.78 is 5.28. The predicted molar refractivity (Wildman–Crippen MR) is 106 cm³/mol. The molecule has 1 saturated heterocycles. The average molecular weight is 434 g/mol. The van der Waals surface area contributed by atoms with E-state index in [1.165, 1.54) is 30.3 Å². The van der Waals surface area contributed by atoms with Crippen LogP contribution in [0.1, 0.15) is 19.3 Å². The first-order chi connectivity index (χ1) is 12.2. The second kappa shape index (κ2) is 11.3. The van der Waals surface area contributed by atoms with Crippen LogP contribution in [0.3, 0.4) is 0 Å². The summed E-state index contributed by atoms with van der Waals surface area (Å²) in [6, 6.07) is 14.0. The zero-order valence-corrected chi connectivity index (χ0v) is 18.2. The SMILES string of the molecule is COc1ccc(O)c(Pc2ccccc2N2CCCCC2)c1.[Cl][Ti][Cl]. The summed E-state index contributed by atoms with van der Waals surface area (Å²) in [5.74, 6) is 1.13. The van der Waals surface area contributed by atoms with Gasteiger partial charge in [-0.05, 0) is 43.5 Å². The van der Waals surface area contributed by atoms with Crippen LogP contribution in [0.25, 0.3) is 0 Å². The van der Waals surface area contributed by atoms with Crippen LogP contribution in [0.2, 0.25) is 0 Å². The van der Waals surface area contributed by atoms with E-state index in [2.05, 4.69) is 29.2 Å². The van der Waals surface area contributed by atoms with Gasteiger partial charge in [-0.15, -0.1) is 0 Å². The van der Waals surface area contributed by atoms with Gasteiger partial charge in [0, 0.05) is 29.4 Å². The zero-order valence-electron chi connectivity index (χ0n) is 14.1. The Morgan fingerprint density at radius 2 is 1.72 bits per heavy atom. The van der Waals surface area contributed by atoms with Gasteiger partial charge in [0.25, 0.3) is 0 Å². The molecule has 1 heterocycles. The minimum absolute atomic E-state index is 0.340. The first-order valence-corrected chi connectivity index (χ1v) is 13.4. The van der Waals surface area contributed by atoms with Crippen molar-refractivity contribution in [2.24, 2.45) is 0 Å². The molecule has 0 radical (unpaired) electrons. The van der Waals surface area contributed by atoms with Gasteiger partial charge in [0.05, 0.1) is 7.11 Å². The summed E-state index contributed by atoms with van der Waals surface area (Å²) in [6.45, 7) is 2.26. The molecule has 1 aliphatic rings. The summed E-state index contributed by atoms with van der Waals surface area (Å²) in [5.41, 5.74) is 1.31. The Labute approximate surface area is 168 Å². The van der Waals surface area contributed by atoms with E-state index in [1.54, 1.807) is 19.2 Å². The third kappa shape index (κ3) is 6.34. The van der Waals surface area contributed by atoms with Gasteiger partial charge in [0.15, 0.2) is 0 Å². The van der Waals surface area contributed by atoms with E-state index < -0.39 is 17.0 Å². The Bertz CT molecular complexity index is 669. The van der Waals surface area contributed by atoms with Crippen molar-refractivity contribution in [2.45, 2.75) is 19.3 Å². The van der Waals surface area contributed by atoms with Crippen molar-refractivity contribution in [1.29, 1.82) is 0 Å². The summed E-state index contributed by atoms with van der Waals surface area (Å²) in [7, 11) is 11.9. The van der Waals surface area contributed by atoms with Crippen LogP contribution in [-0.4, -0.2) is 25.3 Å². The third-order valence-electron chi connectivity index (χ3n) is 4.07. The number of benzene rings is 2. The number of ether oxygens (including phenoxy) is 1. The molecule has 1 aliphatic heterocycles. The number of nitrogens with zero attached hydrogens (tertiary/aromatic N) is 1. The van der Waals surface area contributed by atoms with Crippen LogP contribution >= 0.6 is 27.2 Å². The Morgan fingerprint density at radius 3 is 2.40 bits per heavy atom. The van der Waals surface area contributed by atoms with E-state index in [9.17, 15) is 5.11 Å². The molecule has 134 valence electrons. The molecule has 2 aromatic carbocycles. The molecule has 7 heteroatoms. The number of aromatic hydroxyl groups is 1. The van der Waals surface area contributed by atoms with E-state index in [1.807, 2.05) is 6.07 Å². The number of hydrogen-bond donors (Lipinski definition) is 1. The molecule has 1 atom stereocenters. The first kappa shape index (κ1) is 20.9. The summed E-state index contributed by atoms with van der Waals surface area (Å²) in [6.07, 6.45) is 3.86. The fourth-order valence-corrected chi connectivity index (χ4v) is 4.14. The van der Waals surface area contributed by atoms with E-state index in [0.29, 0.717) is 14.3 Å². The molecule has 0 spiro atoms. The molecule has 3 nitrogen and oxygen atoms in total. The summed E-state index contributed by atoms with van der Waals surface area (Å²) in [5, 5.41) is 12.4. The van der Waals surface area contributed by atoms with Gasteiger partial charge in [-0.2, -0.15) is 0 Å². The van der Waals surface area contributed by atoms with Crippen molar-refractivity contribution in [2.75, 3.05) is 25.1 Å². The van der Waals surface area contributed by atoms with Crippen molar-refractivity contribution < 1.29 is 26.9 Å². The van der Waals surface area contributed by atoms with Gasteiger partial charge >= 0.3 is 35.6 Å². The normalized spacial score (nSPS) is 14.1. The van der Waals surface area contributed by atoms with E-state index in [4.69, 9.17) is 23.3 Å². The van der Waals surface area contributed by atoms with Crippen molar-refractivity contribution in [1.82, 2.24) is 0 Å². The summed E-state index contributed by atoms with van der Waals surface area (Å²) >= 11 is -0.556. The maximum atomic E-state index is 10.1. The van der Waals surface area contributed by atoms with Crippen LogP contribution in [0.5, 0.6) is 11.5 Å². The zero-order chi connectivity index (χ0) is 18.1. The van der Waals surface area contributed by atoms with E-state index in [0.717, 1.165) is 24.1 Å². The van der Waals surface area contributed by atoms with Crippen LogP contribution < -0.4 is 20.2 Å². The molecule has 0 saturated carbocycles. The molecule has 0 aromatic heterocycles. The number of phenolic OH excluding ortho intramolecular Hbond substituents is 1. The van der Waals surface area contributed by atoms with Crippen molar-refractivity contribution in [3.63, 3.8) is 0 Å². The van der Waals surface area contributed by atoms with E-state index in [-0.39, 0.29) is 0 Å². The Balaban J connectivity index is 0.000000701. The van der Waals surface area contributed by atoms with Gasteiger partial charge in [-0.1, -0.05) is 26.8 Å². The molecule has 0 bridgehead atoms. The van der Waals surface area contributed by atoms with Gasteiger partial charge in [-0.3, -0.25) is 0 Å². The number of hydrogen-bond acceptors (Lipinski definition) is 3. The van der Waals surface area contributed by atoms with Crippen LogP contribution in [0.15, 0.2) is 42.5 Å². The van der Waals surface area contributed by atoms with Crippen LogP contribution in [0, 0.1) is 0 Å². The second-order valence-corrected chi connectivity index (χ2v) is 9.55. The standard InChI is InChI=1S/C18H22NO2P.2ClH.Ti/c1-21-14-9-10-16(20)18(13-14)22-17-8-4-3-7-15(17)19-11-5-2-6-12-19;;;/h3-4,7-10,13,20,22H,2,5-6,11-12H2,1H3;2*1H;/q;;;+2/p-2. The average Bonchev–Trinajstić information content (AvgIpc) is 2.65. The number of halogens is 2. The van der Waals surface area contributed by atoms with Crippen LogP contribution in [0.4, 0.5) is 5.69 Å². The topological polar surface area (TPSA) is 32.7 Å². The predicted octanol–water partition coefficient (Wildman–Crippen LogP) is 4.40. The van der Waals surface area contributed by atoms with Crippen molar-refractivity contribution in [3.05, 3.63) is 42.5 Å². The number of para-hydroxylation sites is 1. The minimum atomic E-state index is -0.556. The maximum absolute atomic E-state index is 10.1. The molecule has 1 fully saturated rings. The molecule has 0 aliphatic carbocycles. The molecular weight excluding hydrogens is 412 g/mol. The quantitative estimate of drug-likeness (QED) is 0.573. The number of rotatable bonds is 4. The molecule has 25 heavy (non-hydrogen) atoms. The molecule has 1 N–H and O–H groups in total. The fourth-order valence-electron chi connectivity index (χ4n) is 2.88. The molecule has 0 amide bonds. The Hall–Kier alpha value is -0.436. The molecule has 2 aromatic rings. The number of piperidine rings is 1. The first-order valence-electron chi connectivity index (χ1n) is 8.14. The van der Waals surface area contributed by atoms with E-state index >= 15 is 0 Å². The van der Waals surface area contributed by atoms with Gasteiger partial charge < -0.3 is 14.7 Å². The number of methoxy groups -OCH3 is 1. The van der Waals surface area contributed by atoms with Gasteiger partial charge in [0.2, 0.25) is 0 Å². The second-order valence-electron chi connectivity index (χ2n) is 5.64. The molecule has 3 rings (SSSR count). The summed E-state index contributed by atoms with van der Waals surface area (Å²) in [4.78, 5) is 2.48. The number of phenols is 1. The third-order valence-corrected chi connectivity index (χ3v) is 5.44. The Kier molecular flexibility index (Phi) is 9.45. The monoisotopic (exact) mass is 433 g/mol. The molecule has 1 unspecified atom stereocenters.